The molecule has 7 heteroatoms. The molecule has 7 nitrogen and oxygen atoms in total. The van der Waals surface area contributed by atoms with Crippen LogP contribution < -0.4 is 10.7 Å². The number of aromatic nitrogens is 3. The van der Waals surface area contributed by atoms with Crippen LogP contribution in [-0.4, -0.2) is 32.8 Å². The normalized spacial score (nSPS) is 21.1. The van der Waals surface area contributed by atoms with Crippen LogP contribution in [0.3, 0.4) is 0 Å². The first-order chi connectivity index (χ1) is 16.9. The number of fused-ring (bicyclic) bond motifs is 1. The molecule has 2 unspecified atom stereocenters. The zero-order chi connectivity index (χ0) is 24.6. The van der Waals surface area contributed by atoms with E-state index in [1.807, 2.05) is 24.4 Å². The minimum Gasteiger partial charge on any atom is -0.503 e. The van der Waals surface area contributed by atoms with E-state index >= 15 is 0 Å². The Morgan fingerprint density at radius 2 is 2.03 bits per heavy atom. The fourth-order valence-corrected chi connectivity index (χ4v) is 5.89. The lowest BCUT2D eigenvalue weighted by atomic mass is 9.67. The Balaban J connectivity index is 1.49. The number of para-hydroxylation sites is 1. The fourth-order valence-electron chi connectivity index (χ4n) is 5.89. The van der Waals surface area contributed by atoms with Crippen molar-refractivity contribution >= 4 is 16.8 Å². The number of nitrogens with one attached hydrogen (secondary N) is 1. The number of amides is 1. The number of hydrogen-bond acceptors (Lipinski definition) is 5. The average Bonchev–Trinajstić information content (AvgIpc) is 3.34. The van der Waals surface area contributed by atoms with Gasteiger partial charge in [0.1, 0.15) is 0 Å². The predicted molar refractivity (Wildman–Crippen MR) is 135 cm³/mol. The summed E-state index contributed by atoms with van der Waals surface area (Å²) in [7, 11) is 1.44. The van der Waals surface area contributed by atoms with Gasteiger partial charge in [0, 0.05) is 30.0 Å². The molecule has 1 aromatic carbocycles. The lowest BCUT2D eigenvalue weighted by molar-refractivity contribution is 0.0952. The zero-order valence-electron chi connectivity index (χ0n) is 20.1. The number of aromatic hydroxyl groups is 1. The van der Waals surface area contributed by atoms with Gasteiger partial charge in [-0.25, -0.2) is 0 Å². The van der Waals surface area contributed by atoms with Crippen molar-refractivity contribution in [1.82, 2.24) is 20.1 Å². The summed E-state index contributed by atoms with van der Waals surface area (Å²) in [4.78, 5) is 29.1. The quantitative estimate of drug-likeness (QED) is 0.578. The second-order valence-corrected chi connectivity index (χ2v) is 9.74. The van der Waals surface area contributed by atoms with E-state index in [2.05, 4.69) is 52.7 Å². The summed E-state index contributed by atoms with van der Waals surface area (Å²) >= 11 is 0. The van der Waals surface area contributed by atoms with E-state index in [0.29, 0.717) is 6.54 Å². The van der Waals surface area contributed by atoms with Crippen LogP contribution in [0.2, 0.25) is 0 Å². The Kier molecular flexibility index (Phi) is 6.01. The molecular formula is C28H30N4O3. The van der Waals surface area contributed by atoms with Gasteiger partial charge in [0.25, 0.3) is 11.3 Å². The Morgan fingerprint density at radius 3 is 2.80 bits per heavy atom. The third kappa shape index (κ3) is 4.16. The van der Waals surface area contributed by atoms with E-state index in [0.717, 1.165) is 36.6 Å². The van der Waals surface area contributed by atoms with Gasteiger partial charge < -0.3 is 10.4 Å². The summed E-state index contributed by atoms with van der Waals surface area (Å²) in [5.74, 6) is -0.622. The first kappa shape index (κ1) is 23.0. The molecule has 2 aliphatic carbocycles. The molecule has 2 aliphatic rings. The van der Waals surface area contributed by atoms with Crippen molar-refractivity contribution in [2.24, 2.45) is 11.3 Å². The van der Waals surface area contributed by atoms with Crippen LogP contribution in [0.1, 0.15) is 54.6 Å². The van der Waals surface area contributed by atoms with Crippen LogP contribution in [0.5, 0.6) is 5.75 Å². The Bertz CT molecular complexity index is 1400. The van der Waals surface area contributed by atoms with E-state index in [9.17, 15) is 14.7 Å². The molecule has 0 radical (unpaired) electrons. The van der Waals surface area contributed by atoms with Crippen LogP contribution in [-0.2, 0) is 6.54 Å². The minimum absolute atomic E-state index is 0.166. The number of nitrogens with zero attached hydrogens (tertiary/aromatic N) is 3. The monoisotopic (exact) mass is 470 g/mol. The Hall–Kier alpha value is -3.74. The maximum Gasteiger partial charge on any atom is 0.275 e. The molecule has 0 spiro atoms. The molecule has 2 atom stereocenters. The first-order valence-corrected chi connectivity index (χ1v) is 12.2. The SMILES string of the molecule is CNC(=O)c1nn(CC2(C3=CC=CC(c4cnc5ccccc5c4)C3C)CCCC2)cc(O)c1=O. The van der Waals surface area contributed by atoms with Gasteiger partial charge in [-0.3, -0.25) is 19.3 Å². The van der Waals surface area contributed by atoms with Gasteiger partial charge in [-0.2, -0.15) is 5.10 Å². The summed E-state index contributed by atoms with van der Waals surface area (Å²) in [5, 5.41) is 18.1. The second kappa shape index (κ2) is 9.13. The van der Waals surface area contributed by atoms with E-state index in [1.165, 1.54) is 24.4 Å². The van der Waals surface area contributed by atoms with Crippen LogP contribution in [0, 0.1) is 11.3 Å². The standard InChI is InChI=1S/C28H30N4O3/c1-18-21(20-14-19-8-3-4-11-23(19)30-15-20)9-7-10-22(18)28(12-5-6-13-28)17-32-16-24(33)26(34)25(31-32)27(35)29-2/h3-4,7-11,14-16,18,21,33H,5-6,12-13,17H2,1-2H3,(H,29,35). The Morgan fingerprint density at radius 1 is 1.26 bits per heavy atom. The van der Waals surface area contributed by atoms with Crippen molar-refractivity contribution in [2.45, 2.75) is 45.1 Å². The van der Waals surface area contributed by atoms with Crippen molar-refractivity contribution < 1.29 is 9.90 Å². The van der Waals surface area contributed by atoms with Crippen molar-refractivity contribution in [2.75, 3.05) is 7.05 Å². The van der Waals surface area contributed by atoms with E-state index < -0.39 is 17.1 Å². The molecule has 0 aliphatic heterocycles. The van der Waals surface area contributed by atoms with Gasteiger partial charge in [-0.15, -0.1) is 0 Å². The number of hydrogen-bond donors (Lipinski definition) is 2. The molecule has 1 fully saturated rings. The van der Waals surface area contributed by atoms with Crippen molar-refractivity contribution in [1.29, 1.82) is 0 Å². The van der Waals surface area contributed by atoms with Gasteiger partial charge in [0.2, 0.25) is 0 Å². The number of carbonyl (C=O) groups is 1. The summed E-state index contributed by atoms with van der Waals surface area (Å²) in [6.07, 6.45) is 14.1. The number of rotatable bonds is 5. The van der Waals surface area contributed by atoms with Crippen molar-refractivity contribution in [3.63, 3.8) is 0 Å². The molecule has 5 rings (SSSR count). The minimum atomic E-state index is -0.752. The van der Waals surface area contributed by atoms with Gasteiger partial charge in [0.05, 0.1) is 18.3 Å². The van der Waals surface area contributed by atoms with Crippen LogP contribution in [0.25, 0.3) is 10.9 Å². The van der Waals surface area contributed by atoms with E-state index in [1.54, 1.807) is 4.68 Å². The van der Waals surface area contributed by atoms with Crippen molar-refractivity contribution in [3.8, 4) is 5.75 Å². The molecule has 2 heterocycles. The summed E-state index contributed by atoms with van der Waals surface area (Å²) in [6, 6.07) is 10.4. The van der Waals surface area contributed by atoms with E-state index in [4.69, 9.17) is 0 Å². The average molecular weight is 471 g/mol. The molecule has 35 heavy (non-hydrogen) atoms. The molecule has 2 aromatic heterocycles. The number of pyridine rings is 1. The highest BCUT2D eigenvalue weighted by atomic mass is 16.3. The van der Waals surface area contributed by atoms with Crippen molar-refractivity contribution in [3.05, 3.63) is 88.0 Å². The predicted octanol–water partition coefficient (Wildman–Crippen LogP) is 4.33. The lowest BCUT2D eigenvalue weighted by Gasteiger charge is -2.39. The largest absolute Gasteiger partial charge is 0.503 e. The molecule has 2 N–H and O–H groups in total. The number of carbonyl (C=O) groups excluding carboxylic acids is 1. The van der Waals surface area contributed by atoms with E-state index in [-0.39, 0.29) is 22.9 Å². The highest BCUT2D eigenvalue weighted by Crippen LogP contribution is 2.52. The summed E-state index contributed by atoms with van der Waals surface area (Å²) < 4.78 is 1.57. The summed E-state index contributed by atoms with van der Waals surface area (Å²) in [5.41, 5.74) is 2.32. The van der Waals surface area contributed by atoms with Gasteiger partial charge >= 0.3 is 0 Å². The molecule has 1 amide bonds. The maximum atomic E-state index is 12.3. The highest BCUT2D eigenvalue weighted by Gasteiger charge is 2.42. The number of benzene rings is 1. The third-order valence-corrected chi connectivity index (χ3v) is 7.65. The smallest absolute Gasteiger partial charge is 0.275 e. The topological polar surface area (TPSA) is 97.1 Å². The molecule has 3 aromatic rings. The van der Waals surface area contributed by atoms with Gasteiger partial charge in [-0.05, 0) is 36.5 Å². The lowest BCUT2D eigenvalue weighted by Crippen LogP contribution is -2.35. The maximum absolute atomic E-state index is 12.3. The highest BCUT2D eigenvalue weighted by molar-refractivity contribution is 5.92. The Labute approximate surface area is 204 Å². The first-order valence-electron chi connectivity index (χ1n) is 12.2. The van der Waals surface area contributed by atoms with Crippen LogP contribution in [0.4, 0.5) is 0 Å². The molecule has 0 bridgehead atoms. The second-order valence-electron chi connectivity index (χ2n) is 9.74. The van der Waals surface area contributed by atoms with Gasteiger partial charge in [-0.1, -0.05) is 61.8 Å². The zero-order valence-corrected chi connectivity index (χ0v) is 20.1. The third-order valence-electron chi connectivity index (χ3n) is 7.65. The van der Waals surface area contributed by atoms with Gasteiger partial charge in [0.15, 0.2) is 11.4 Å². The fraction of sp³-hybridized carbons (Fsp3) is 0.357. The van der Waals surface area contributed by atoms with Crippen LogP contribution in [0.15, 0.2) is 71.3 Å². The number of allylic oxidation sites excluding steroid dienone is 4. The molecule has 1 saturated carbocycles. The van der Waals surface area contributed by atoms with Crippen LogP contribution >= 0.6 is 0 Å². The molecule has 0 saturated heterocycles. The molecular weight excluding hydrogens is 440 g/mol. The molecule has 180 valence electrons. The summed E-state index contributed by atoms with van der Waals surface area (Å²) in [6.45, 7) is 2.76.